The first kappa shape index (κ1) is 25.2. The first-order valence-electron chi connectivity index (χ1n) is 9.16. The maximum Gasteiger partial charge on any atom is 0.203 e. The van der Waals surface area contributed by atoms with Gasteiger partial charge in [-0.05, 0) is 48.7 Å². The zero-order valence-corrected chi connectivity index (χ0v) is 20.3. The quantitative estimate of drug-likeness (QED) is 0.286. The molecule has 0 aliphatic heterocycles. The number of rotatable bonds is 9. The predicted octanol–water partition coefficient (Wildman–Crippen LogP) is 4.28. The first-order valence-corrected chi connectivity index (χ1v) is 9.54. The molecule has 0 saturated carbocycles. The molecule has 0 radical (unpaired) electrons. The summed E-state index contributed by atoms with van der Waals surface area (Å²) in [6, 6.07) is 11.7. The van der Waals surface area contributed by atoms with Crippen molar-refractivity contribution in [3.63, 3.8) is 0 Å². The van der Waals surface area contributed by atoms with E-state index in [1.54, 1.807) is 21.3 Å². The second-order valence-corrected chi connectivity index (χ2v) is 6.47. The van der Waals surface area contributed by atoms with Gasteiger partial charge in [0.25, 0.3) is 0 Å². The molecule has 0 bridgehead atoms. The molecule has 0 heterocycles. The topological polar surface area (TPSA) is 64.1 Å². The van der Waals surface area contributed by atoms with E-state index in [1.807, 2.05) is 37.3 Å². The van der Waals surface area contributed by atoms with Gasteiger partial charge in [-0.3, -0.25) is 0 Å². The molecule has 2 aromatic rings. The van der Waals surface area contributed by atoms with Crippen molar-refractivity contribution in [3.8, 4) is 17.2 Å². The van der Waals surface area contributed by atoms with E-state index < -0.39 is 0 Å². The van der Waals surface area contributed by atoms with Crippen LogP contribution < -0.4 is 24.8 Å². The van der Waals surface area contributed by atoms with Gasteiger partial charge in [0.2, 0.25) is 5.75 Å². The van der Waals surface area contributed by atoms with Crippen LogP contribution in [0.25, 0.3) is 0 Å². The number of hydrogen-bond donors (Lipinski definition) is 2. The van der Waals surface area contributed by atoms with Crippen molar-refractivity contribution >= 4 is 41.5 Å². The minimum Gasteiger partial charge on any atom is -0.493 e. The average molecular weight is 534 g/mol. The maximum absolute atomic E-state index is 6.04. The van der Waals surface area contributed by atoms with E-state index in [0.717, 1.165) is 36.1 Å². The summed E-state index contributed by atoms with van der Waals surface area (Å²) in [5.41, 5.74) is 2.14. The fourth-order valence-electron chi connectivity index (χ4n) is 2.76. The lowest BCUT2D eigenvalue weighted by Crippen LogP contribution is -2.38. The van der Waals surface area contributed by atoms with Crippen LogP contribution in [0.1, 0.15) is 18.1 Å². The number of aliphatic imine (C=N–C) groups is 1. The highest BCUT2D eigenvalue weighted by molar-refractivity contribution is 14.0. The Morgan fingerprint density at radius 3 is 2.21 bits per heavy atom. The van der Waals surface area contributed by atoms with Crippen LogP contribution in [-0.4, -0.2) is 40.4 Å². The summed E-state index contributed by atoms with van der Waals surface area (Å²) < 4.78 is 16.2. The molecule has 0 amide bonds. The van der Waals surface area contributed by atoms with Crippen molar-refractivity contribution in [2.75, 3.05) is 34.4 Å². The summed E-state index contributed by atoms with van der Waals surface area (Å²) in [6.07, 6.45) is 0.856. The Balaban J connectivity index is 0.00000420. The van der Waals surface area contributed by atoms with Gasteiger partial charge in [-0.2, -0.15) is 0 Å². The molecule has 0 atom stereocenters. The van der Waals surface area contributed by atoms with Crippen molar-refractivity contribution in [3.05, 3.63) is 52.5 Å². The summed E-state index contributed by atoms with van der Waals surface area (Å²) in [7, 11) is 4.79. The van der Waals surface area contributed by atoms with Gasteiger partial charge in [0.05, 0.1) is 27.9 Å². The molecule has 0 saturated heterocycles. The van der Waals surface area contributed by atoms with Crippen molar-refractivity contribution in [2.45, 2.75) is 19.9 Å². The highest BCUT2D eigenvalue weighted by Crippen LogP contribution is 2.38. The van der Waals surface area contributed by atoms with Crippen molar-refractivity contribution in [1.82, 2.24) is 10.6 Å². The smallest absolute Gasteiger partial charge is 0.203 e. The number of halogens is 2. The summed E-state index contributed by atoms with van der Waals surface area (Å²) in [5, 5.41) is 7.35. The van der Waals surface area contributed by atoms with E-state index in [-0.39, 0.29) is 24.0 Å². The highest BCUT2D eigenvalue weighted by Gasteiger charge is 2.13. The second kappa shape index (κ2) is 13.4. The standard InChI is InChI=1S/C21H28ClN3O3.HI/c1-5-23-21(24-10-9-15-7-6-8-17(22)11-15)25-14-16-12-18(26-2)20(28-4)19(13-16)27-3;/h6-8,11-13H,5,9-10,14H2,1-4H3,(H2,23,24,25);1H. The third-order valence-corrected chi connectivity index (χ3v) is 4.32. The second-order valence-electron chi connectivity index (χ2n) is 6.04. The van der Waals surface area contributed by atoms with E-state index >= 15 is 0 Å². The van der Waals surface area contributed by atoms with Gasteiger partial charge < -0.3 is 24.8 Å². The molecule has 0 aliphatic rings. The van der Waals surface area contributed by atoms with E-state index in [1.165, 1.54) is 5.56 Å². The number of benzene rings is 2. The minimum atomic E-state index is 0. The summed E-state index contributed by atoms with van der Waals surface area (Å²) in [5.74, 6) is 2.56. The Bertz CT molecular complexity index is 777. The van der Waals surface area contributed by atoms with Crippen LogP contribution in [0.4, 0.5) is 0 Å². The third kappa shape index (κ3) is 7.81. The number of hydrogen-bond acceptors (Lipinski definition) is 4. The number of ether oxygens (including phenoxy) is 3. The molecular weight excluding hydrogens is 505 g/mol. The Morgan fingerprint density at radius 2 is 1.66 bits per heavy atom. The largest absolute Gasteiger partial charge is 0.493 e. The zero-order valence-electron chi connectivity index (χ0n) is 17.3. The lowest BCUT2D eigenvalue weighted by atomic mass is 10.1. The summed E-state index contributed by atoms with van der Waals surface area (Å²) in [4.78, 5) is 4.66. The van der Waals surface area contributed by atoms with Gasteiger partial charge in [-0.1, -0.05) is 23.7 Å². The highest BCUT2D eigenvalue weighted by atomic mass is 127. The number of nitrogens with zero attached hydrogens (tertiary/aromatic N) is 1. The fraction of sp³-hybridized carbons (Fsp3) is 0.381. The molecule has 2 N–H and O–H groups in total. The van der Waals surface area contributed by atoms with E-state index in [2.05, 4.69) is 21.7 Å². The normalized spacial score (nSPS) is 10.7. The van der Waals surface area contributed by atoms with Crippen molar-refractivity contribution in [2.24, 2.45) is 4.99 Å². The van der Waals surface area contributed by atoms with Gasteiger partial charge in [-0.25, -0.2) is 4.99 Å². The SMILES string of the molecule is CCNC(=NCc1cc(OC)c(OC)c(OC)c1)NCCc1cccc(Cl)c1.I. The Morgan fingerprint density at radius 1 is 0.966 bits per heavy atom. The number of nitrogens with one attached hydrogen (secondary N) is 2. The minimum absolute atomic E-state index is 0. The molecule has 2 rings (SSSR count). The molecule has 0 spiro atoms. The molecule has 29 heavy (non-hydrogen) atoms. The van der Waals surface area contributed by atoms with Crippen LogP contribution in [0.15, 0.2) is 41.4 Å². The molecule has 8 heteroatoms. The summed E-state index contributed by atoms with van der Waals surface area (Å²) >= 11 is 6.04. The Labute approximate surface area is 195 Å². The van der Waals surface area contributed by atoms with Gasteiger partial charge in [0, 0.05) is 18.1 Å². The molecule has 0 unspecified atom stereocenters. The van der Waals surface area contributed by atoms with Gasteiger partial charge in [0.1, 0.15) is 0 Å². The van der Waals surface area contributed by atoms with Crippen LogP contribution in [0.2, 0.25) is 5.02 Å². The van der Waals surface area contributed by atoms with Crippen LogP contribution >= 0.6 is 35.6 Å². The van der Waals surface area contributed by atoms with Crippen LogP contribution in [-0.2, 0) is 13.0 Å². The molecule has 0 aliphatic carbocycles. The number of methoxy groups -OCH3 is 3. The Hall–Kier alpha value is -1.87. The van der Waals surface area contributed by atoms with Gasteiger partial charge in [0.15, 0.2) is 17.5 Å². The lowest BCUT2D eigenvalue weighted by molar-refractivity contribution is 0.324. The van der Waals surface area contributed by atoms with Crippen molar-refractivity contribution in [1.29, 1.82) is 0 Å². The molecular formula is C21H29ClIN3O3. The molecule has 0 aromatic heterocycles. The van der Waals surface area contributed by atoms with Gasteiger partial charge in [-0.15, -0.1) is 24.0 Å². The van der Waals surface area contributed by atoms with Crippen LogP contribution in [0, 0.1) is 0 Å². The lowest BCUT2D eigenvalue weighted by Gasteiger charge is -2.14. The van der Waals surface area contributed by atoms with Gasteiger partial charge >= 0.3 is 0 Å². The van der Waals surface area contributed by atoms with Crippen LogP contribution in [0.5, 0.6) is 17.2 Å². The molecule has 160 valence electrons. The van der Waals surface area contributed by atoms with Crippen LogP contribution in [0.3, 0.4) is 0 Å². The monoisotopic (exact) mass is 533 g/mol. The predicted molar refractivity (Wildman–Crippen MR) is 129 cm³/mol. The first-order chi connectivity index (χ1) is 13.6. The van der Waals surface area contributed by atoms with Crippen molar-refractivity contribution < 1.29 is 14.2 Å². The molecule has 6 nitrogen and oxygen atoms in total. The Kier molecular flexibility index (Phi) is 11.6. The number of guanidine groups is 1. The molecule has 2 aromatic carbocycles. The summed E-state index contributed by atoms with van der Waals surface area (Å²) in [6.45, 7) is 4.04. The molecule has 0 fully saturated rings. The fourth-order valence-corrected chi connectivity index (χ4v) is 2.97. The average Bonchev–Trinajstić information content (AvgIpc) is 2.71. The zero-order chi connectivity index (χ0) is 20.4. The third-order valence-electron chi connectivity index (χ3n) is 4.08. The van der Waals surface area contributed by atoms with E-state index in [0.29, 0.717) is 23.8 Å². The van der Waals surface area contributed by atoms with E-state index in [4.69, 9.17) is 25.8 Å². The van der Waals surface area contributed by atoms with E-state index in [9.17, 15) is 0 Å². The maximum atomic E-state index is 6.04.